The minimum absolute atomic E-state index is 0.212. The number of carbonyl (C=O) groups excluding carboxylic acids is 1. The molecule has 1 aromatic carbocycles. The summed E-state index contributed by atoms with van der Waals surface area (Å²) in [6.07, 6.45) is 1.51. The van der Waals surface area contributed by atoms with Crippen LogP contribution in [0, 0.1) is 0 Å². The highest BCUT2D eigenvalue weighted by molar-refractivity contribution is 9.11. The van der Waals surface area contributed by atoms with Crippen molar-refractivity contribution in [2.24, 2.45) is 0 Å². The van der Waals surface area contributed by atoms with Crippen LogP contribution in [-0.2, 0) is 0 Å². The quantitative estimate of drug-likeness (QED) is 0.796. The van der Waals surface area contributed by atoms with Crippen LogP contribution >= 0.6 is 27.3 Å². The van der Waals surface area contributed by atoms with Crippen LogP contribution in [0.4, 0.5) is 0 Å². The van der Waals surface area contributed by atoms with Crippen molar-refractivity contribution in [3.05, 3.63) is 27.7 Å². The topological polar surface area (TPSA) is 30.0 Å². The van der Waals surface area contributed by atoms with Crippen molar-refractivity contribution in [2.45, 2.75) is 19.8 Å². The Hall–Kier alpha value is -0.740. The van der Waals surface area contributed by atoms with E-state index >= 15 is 0 Å². The van der Waals surface area contributed by atoms with Crippen LogP contribution in [0.1, 0.15) is 30.1 Å². The van der Waals surface area contributed by atoms with Gasteiger partial charge in [0.25, 0.3) is 0 Å². The van der Waals surface area contributed by atoms with Gasteiger partial charge < -0.3 is 0 Å². The van der Waals surface area contributed by atoms with Gasteiger partial charge >= 0.3 is 0 Å². The number of thiazole rings is 1. The monoisotopic (exact) mass is 283 g/mol. The minimum atomic E-state index is 0.212. The summed E-state index contributed by atoms with van der Waals surface area (Å²) >= 11 is 4.89. The van der Waals surface area contributed by atoms with Crippen molar-refractivity contribution < 1.29 is 4.79 Å². The predicted octanol–water partition coefficient (Wildman–Crippen LogP) is 4.04. The highest BCUT2D eigenvalue weighted by Gasteiger charge is 2.07. The summed E-state index contributed by atoms with van der Waals surface area (Å²) in [4.78, 5) is 16.0. The fraction of sp³-hybridized carbons (Fsp3) is 0.273. The molecule has 0 aliphatic carbocycles. The number of carbonyl (C=O) groups is 1. The van der Waals surface area contributed by atoms with Crippen LogP contribution < -0.4 is 0 Å². The van der Waals surface area contributed by atoms with E-state index in [0.29, 0.717) is 6.42 Å². The number of hydrogen-bond acceptors (Lipinski definition) is 3. The van der Waals surface area contributed by atoms with Crippen molar-refractivity contribution >= 4 is 43.3 Å². The lowest BCUT2D eigenvalue weighted by Gasteiger charge is -1.98. The summed E-state index contributed by atoms with van der Waals surface area (Å²) in [6.45, 7) is 2.01. The van der Waals surface area contributed by atoms with E-state index in [9.17, 15) is 4.79 Å². The van der Waals surface area contributed by atoms with Gasteiger partial charge in [-0.05, 0) is 40.5 Å². The smallest absolute Gasteiger partial charge is 0.162 e. The first-order chi connectivity index (χ1) is 7.20. The Morgan fingerprint density at radius 1 is 1.53 bits per heavy atom. The van der Waals surface area contributed by atoms with Gasteiger partial charge in [0.2, 0.25) is 0 Å². The SMILES string of the molecule is CCCC(=O)c1ccc2nc(Br)sc2c1. The Bertz CT molecular complexity index is 506. The molecule has 2 rings (SSSR count). The first kappa shape index (κ1) is 10.8. The Kier molecular flexibility index (Phi) is 3.17. The highest BCUT2D eigenvalue weighted by Crippen LogP contribution is 2.27. The van der Waals surface area contributed by atoms with Crippen LogP contribution in [0.3, 0.4) is 0 Å². The fourth-order valence-corrected chi connectivity index (χ4v) is 2.89. The molecule has 2 nitrogen and oxygen atoms in total. The van der Waals surface area contributed by atoms with E-state index in [1.54, 1.807) is 11.3 Å². The maximum absolute atomic E-state index is 11.7. The van der Waals surface area contributed by atoms with Gasteiger partial charge in [0.15, 0.2) is 9.70 Å². The van der Waals surface area contributed by atoms with Gasteiger partial charge in [-0.25, -0.2) is 4.98 Å². The van der Waals surface area contributed by atoms with Gasteiger partial charge in [-0.2, -0.15) is 0 Å². The third-order valence-electron chi connectivity index (χ3n) is 2.16. The lowest BCUT2D eigenvalue weighted by atomic mass is 10.1. The molecule has 0 saturated carbocycles. The second-order valence-electron chi connectivity index (χ2n) is 3.32. The van der Waals surface area contributed by atoms with Gasteiger partial charge in [0.05, 0.1) is 10.2 Å². The van der Waals surface area contributed by atoms with Crippen LogP contribution in [0.2, 0.25) is 0 Å². The number of aromatic nitrogens is 1. The average Bonchev–Trinajstić information content (AvgIpc) is 2.57. The Labute approximate surface area is 100 Å². The molecule has 0 atom stereocenters. The molecule has 0 unspecified atom stereocenters. The lowest BCUT2D eigenvalue weighted by molar-refractivity contribution is 0.0982. The summed E-state index contributed by atoms with van der Waals surface area (Å²) in [5.41, 5.74) is 1.74. The maximum Gasteiger partial charge on any atom is 0.162 e. The Morgan fingerprint density at radius 2 is 2.33 bits per heavy atom. The van der Waals surface area contributed by atoms with Gasteiger partial charge in [-0.3, -0.25) is 4.79 Å². The van der Waals surface area contributed by atoms with E-state index < -0.39 is 0 Å². The molecule has 0 N–H and O–H groups in total. The number of ketones is 1. The molecule has 0 radical (unpaired) electrons. The zero-order valence-corrected chi connectivity index (χ0v) is 10.7. The minimum Gasteiger partial charge on any atom is -0.294 e. The van der Waals surface area contributed by atoms with Gasteiger partial charge in [0, 0.05) is 12.0 Å². The first-order valence-corrected chi connectivity index (χ1v) is 6.41. The number of nitrogens with zero attached hydrogens (tertiary/aromatic N) is 1. The van der Waals surface area contributed by atoms with Gasteiger partial charge in [0.1, 0.15) is 0 Å². The maximum atomic E-state index is 11.7. The van der Waals surface area contributed by atoms with Gasteiger partial charge in [-0.15, -0.1) is 11.3 Å². The molecular formula is C11H10BrNOS. The van der Waals surface area contributed by atoms with Crippen molar-refractivity contribution in [3.63, 3.8) is 0 Å². The number of benzene rings is 1. The molecule has 78 valence electrons. The zero-order valence-electron chi connectivity index (χ0n) is 8.29. The second-order valence-corrected chi connectivity index (χ2v) is 5.63. The summed E-state index contributed by atoms with van der Waals surface area (Å²) in [6, 6.07) is 5.68. The van der Waals surface area contributed by atoms with E-state index in [0.717, 1.165) is 26.1 Å². The Balaban J connectivity index is 2.41. The van der Waals surface area contributed by atoms with E-state index in [1.807, 2.05) is 25.1 Å². The van der Waals surface area contributed by atoms with Crippen molar-refractivity contribution in [2.75, 3.05) is 0 Å². The van der Waals surface area contributed by atoms with Crippen molar-refractivity contribution in [1.82, 2.24) is 4.98 Å². The molecule has 0 aliphatic rings. The standard InChI is InChI=1S/C11H10BrNOS/c1-2-3-9(14)7-4-5-8-10(6-7)15-11(12)13-8/h4-6H,2-3H2,1H3. The zero-order chi connectivity index (χ0) is 10.8. The van der Waals surface area contributed by atoms with Crippen LogP contribution in [0.15, 0.2) is 22.1 Å². The molecule has 4 heteroatoms. The lowest BCUT2D eigenvalue weighted by Crippen LogP contribution is -1.96. The number of fused-ring (bicyclic) bond motifs is 1. The first-order valence-electron chi connectivity index (χ1n) is 4.80. The molecular weight excluding hydrogens is 274 g/mol. The normalized spacial score (nSPS) is 10.8. The summed E-state index contributed by atoms with van der Waals surface area (Å²) in [5, 5.41) is 0. The largest absolute Gasteiger partial charge is 0.294 e. The fourth-order valence-electron chi connectivity index (χ4n) is 1.44. The van der Waals surface area contributed by atoms with E-state index in [-0.39, 0.29) is 5.78 Å². The summed E-state index contributed by atoms with van der Waals surface area (Å²) in [7, 11) is 0. The van der Waals surface area contributed by atoms with E-state index in [4.69, 9.17) is 0 Å². The second kappa shape index (κ2) is 4.41. The number of Topliss-reactive ketones (excluding diaryl/α,β-unsaturated/α-hetero) is 1. The third kappa shape index (κ3) is 2.26. The Morgan fingerprint density at radius 3 is 3.07 bits per heavy atom. The summed E-state index contributed by atoms with van der Waals surface area (Å²) < 4.78 is 1.92. The van der Waals surface area contributed by atoms with Crippen LogP contribution in [-0.4, -0.2) is 10.8 Å². The molecule has 1 aromatic heterocycles. The van der Waals surface area contributed by atoms with Crippen LogP contribution in [0.25, 0.3) is 10.2 Å². The molecule has 0 aliphatic heterocycles. The molecule has 0 fully saturated rings. The van der Waals surface area contributed by atoms with E-state index in [1.165, 1.54) is 0 Å². The number of rotatable bonds is 3. The molecule has 0 bridgehead atoms. The van der Waals surface area contributed by atoms with Crippen LogP contribution in [0.5, 0.6) is 0 Å². The van der Waals surface area contributed by atoms with Crippen molar-refractivity contribution in [3.8, 4) is 0 Å². The number of hydrogen-bond donors (Lipinski definition) is 0. The molecule has 15 heavy (non-hydrogen) atoms. The molecule has 0 amide bonds. The van der Waals surface area contributed by atoms with Gasteiger partial charge in [-0.1, -0.05) is 6.92 Å². The molecule has 1 heterocycles. The summed E-state index contributed by atoms with van der Waals surface area (Å²) in [5.74, 6) is 0.212. The molecule has 0 spiro atoms. The predicted molar refractivity (Wildman–Crippen MR) is 66.6 cm³/mol. The molecule has 2 aromatic rings. The average molecular weight is 284 g/mol. The number of halogens is 1. The molecule has 0 saturated heterocycles. The highest BCUT2D eigenvalue weighted by atomic mass is 79.9. The van der Waals surface area contributed by atoms with Crippen molar-refractivity contribution in [1.29, 1.82) is 0 Å². The third-order valence-corrected chi connectivity index (χ3v) is 3.63. The van der Waals surface area contributed by atoms with E-state index in [2.05, 4.69) is 20.9 Å².